The van der Waals surface area contributed by atoms with E-state index in [1.54, 1.807) is 17.3 Å². The number of rotatable bonds is 2. The summed E-state index contributed by atoms with van der Waals surface area (Å²) in [6.45, 7) is 17.6. The molecule has 3 rings (SSSR count). The summed E-state index contributed by atoms with van der Waals surface area (Å²) in [5.74, 6) is 0.640. The number of hydrogen-bond acceptors (Lipinski definition) is 7. The molecule has 160 valence electrons. The number of nitrogens with zero attached hydrogens (tertiary/aromatic N) is 4. The van der Waals surface area contributed by atoms with Crippen LogP contribution in [0.4, 0.5) is 10.7 Å². The monoisotopic (exact) mass is 404 g/mol. The highest BCUT2D eigenvalue weighted by Crippen LogP contribution is 2.36. The van der Waals surface area contributed by atoms with Crippen LogP contribution >= 0.6 is 0 Å². The molecule has 2 aliphatic heterocycles. The Morgan fingerprint density at radius 2 is 1.69 bits per heavy atom. The molecule has 2 aliphatic rings. The molecule has 0 radical (unpaired) electrons. The smallest absolute Gasteiger partial charge is 0.444 e. The lowest BCUT2D eigenvalue weighted by molar-refractivity contribution is 0.00578. The zero-order valence-corrected chi connectivity index (χ0v) is 18.9. The Morgan fingerprint density at radius 3 is 2.17 bits per heavy atom. The molecule has 2 fully saturated rings. The Bertz CT molecular complexity index is 732. The second-order valence-corrected chi connectivity index (χ2v) is 9.87. The van der Waals surface area contributed by atoms with Gasteiger partial charge in [0.15, 0.2) is 0 Å². The van der Waals surface area contributed by atoms with Crippen molar-refractivity contribution in [3.05, 3.63) is 12.4 Å². The first-order valence-corrected chi connectivity index (χ1v) is 10.2. The van der Waals surface area contributed by atoms with E-state index < -0.39 is 23.9 Å². The van der Waals surface area contributed by atoms with Gasteiger partial charge in [-0.3, -0.25) is 0 Å². The van der Waals surface area contributed by atoms with Gasteiger partial charge in [-0.15, -0.1) is 0 Å². The maximum absolute atomic E-state index is 12.4. The third-order valence-electron chi connectivity index (χ3n) is 5.72. The molecule has 1 aromatic heterocycles. The van der Waals surface area contributed by atoms with E-state index in [0.29, 0.717) is 25.6 Å². The number of anilines is 1. The largest absolute Gasteiger partial charge is 0.498 e. The second-order valence-electron chi connectivity index (χ2n) is 9.87. The topological polar surface area (TPSA) is 77.0 Å². The average molecular weight is 404 g/mol. The molecule has 8 nitrogen and oxygen atoms in total. The predicted octanol–water partition coefficient (Wildman–Crippen LogP) is 2.22. The number of carbonyl (C=O) groups is 1. The summed E-state index contributed by atoms with van der Waals surface area (Å²) in [4.78, 5) is 25.3. The number of amides is 1. The second kappa shape index (κ2) is 7.43. The fraction of sp³-hybridized carbons (Fsp3) is 0.750. The van der Waals surface area contributed by atoms with Crippen molar-refractivity contribution in [2.75, 3.05) is 24.5 Å². The zero-order chi connectivity index (χ0) is 21.6. The van der Waals surface area contributed by atoms with Gasteiger partial charge in [0.25, 0.3) is 0 Å². The van der Waals surface area contributed by atoms with Gasteiger partial charge in [0.05, 0.1) is 11.2 Å². The van der Waals surface area contributed by atoms with Gasteiger partial charge in [-0.05, 0) is 55.4 Å². The number of carbonyl (C=O) groups excluding carboxylic acids is 1. The minimum absolute atomic E-state index is 0.00461. The van der Waals surface area contributed by atoms with Crippen molar-refractivity contribution >= 4 is 24.6 Å². The first-order valence-electron chi connectivity index (χ1n) is 10.2. The molecular formula is C20H33BN4O4. The summed E-state index contributed by atoms with van der Waals surface area (Å²) in [6.07, 6.45) is 3.24. The van der Waals surface area contributed by atoms with Crippen molar-refractivity contribution in [1.82, 2.24) is 14.9 Å². The van der Waals surface area contributed by atoms with E-state index >= 15 is 0 Å². The lowest BCUT2D eigenvalue weighted by Crippen LogP contribution is -2.55. The fourth-order valence-electron chi connectivity index (χ4n) is 3.33. The Labute approximate surface area is 174 Å². The molecule has 29 heavy (non-hydrogen) atoms. The van der Waals surface area contributed by atoms with E-state index in [1.807, 2.05) is 55.4 Å². The number of piperazine rings is 1. The molecule has 1 aromatic rings. The molecule has 0 aromatic carbocycles. The summed E-state index contributed by atoms with van der Waals surface area (Å²) >= 11 is 0. The average Bonchev–Trinajstić information content (AvgIpc) is 2.81. The van der Waals surface area contributed by atoms with E-state index in [1.165, 1.54) is 0 Å². The normalized spacial score (nSPS) is 24.0. The van der Waals surface area contributed by atoms with Gasteiger partial charge < -0.3 is 23.8 Å². The Kier molecular flexibility index (Phi) is 5.60. The standard InChI is InChI=1S/C20H33BN4O4/c1-14-13-24(9-10-25(14)17(26)27-18(2,3)4)16-22-11-15(12-23-16)21-28-19(5,6)20(7,8)29-21/h11-12,14H,9-10,13H2,1-8H3. The Morgan fingerprint density at radius 1 is 1.14 bits per heavy atom. The summed E-state index contributed by atoms with van der Waals surface area (Å²) in [6, 6.07) is 0.00461. The minimum Gasteiger partial charge on any atom is -0.444 e. The van der Waals surface area contributed by atoms with Crippen molar-refractivity contribution in [3.8, 4) is 0 Å². The molecule has 1 atom stereocenters. The van der Waals surface area contributed by atoms with E-state index in [2.05, 4.69) is 14.9 Å². The van der Waals surface area contributed by atoms with Crippen LogP contribution < -0.4 is 10.4 Å². The minimum atomic E-state index is -0.500. The molecule has 3 heterocycles. The molecule has 0 spiro atoms. The van der Waals surface area contributed by atoms with Gasteiger partial charge in [-0.1, -0.05) is 0 Å². The molecule has 2 saturated heterocycles. The molecule has 9 heteroatoms. The lowest BCUT2D eigenvalue weighted by atomic mass is 9.81. The van der Waals surface area contributed by atoms with Gasteiger partial charge in [0.1, 0.15) is 5.60 Å². The SMILES string of the molecule is CC1CN(c2ncc(B3OC(C)(C)C(C)(C)O3)cn2)CCN1C(=O)OC(C)(C)C. The summed E-state index contributed by atoms with van der Waals surface area (Å²) in [5, 5.41) is 0. The first-order chi connectivity index (χ1) is 13.3. The van der Waals surface area contributed by atoms with Crippen molar-refractivity contribution in [2.24, 2.45) is 0 Å². The maximum Gasteiger partial charge on any atom is 0.498 e. The van der Waals surface area contributed by atoms with Crippen LogP contribution in [0.1, 0.15) is 55.4 Å². The van der Waals surface area contributed by atoms with E-state index in [-0.39, 0.29) is 12.1 Å². The summed E-state index contributed by atoms with van der Waals surface area (Å²) in [5.41, 5.74) is -0.499. The predicted molar refractivity (Wildman–Crippen MR) is 112 cm³/mol. The molecular weight excluding hydrogens is 371 g/mol. The van der Waals surface area contributed by atoms with Crippen LogP contribution in [0.3, 0.4) is 0 Å². The molecule has 0 bridgehead atoms. The van der Waals surface area contributed by atoms with Crippen LogP contribution in [0.5, 0.6) is 0 Å². The van der Waals surface area contributed by atoms with Gasteiger partial charge >= 0.3 is 13.2 Å². The van der Waals surface area contributed by atoms with Crippen LogP contribution in [0.2, 0.25) is 0 Å². The number of hydrogen-bond donors (Lipinski definition) is 0. The molecule has 0 aliphatic carbocycles. The molecule has 0 N–H and O–H groups in total. The van der Waals surface area contributed by atoms with Crippen molar-refractivity contribution in [2.45, 2.75) is 78.2 Å². The van der Waals surface area contributed by atoms with Crippen LogP contribution in [0.15, 0.2) is 12.4 Å². The maximum atomic E-state index is 12.4. The van der Waals surface area contributed by atoms with Crippen molar-refractivity contribution in [3.63, 3.8) is 0 Å². The van der Waals surface area contributed by atoms with Gasteiger partial charge in [-0.2, -0.15) is 0 Å². The highest BCUT2D eigenvalue weighted by molar-refractivity contribution is 6.61. The van der Waals surface area contributed by atoms with E-state index in [4.69, 9.17) is 14.0 Å². The van der Waals surface area contributed by atoms with Gasteiger partial charge in [-0.25, -0.2) is 14.8 Å². The lowest BCUT2D eigenvalue weighted by Gasteiger charge is -2.40. The Hall–Kier alpha value is -1.87. The van der Waals surface area contributed by atoms with Crippen LogP contribution in [0.25, 0.3) is 0 Å². The number of aromatic nitrogens is 2. The van der Waals surface area contributed by atoms with Crippen molar-refractivity contribution in [1.29, 1.82) is 0 Å². The third-order valence-corrected chi connectivity index (χ3v) is 5.72. The summed E-state index contributed by atoms with van der Waals surface area (Å²) < 4.78 is 17.6. The van der Waals surface area contributed by atoms with Crippen LogP contribution in [-0.4, -0.2) is 70.6 Å². The van der Waals surface area contributed by atoms with Crippen molar-refractivity contribution < 1.29 is 18.8 Å². The summed E-state index contributed by atoms with van der Waals surface area (Å²) in [7, 11) is -0.475. The zero-order valence-electron chi connectivity index (χ0n) is 18.9. The molecule has 0 saturated carbocycles. The van der Waals surface area contributed by atoms with E-state index in [9.17, 15) is 4.79 Å². The number of ether oxygens (including phenoxy) is 1. The molecule has 1 amide bonds. The van der Waals surface area contributed by atoms with Gasteiger partial charge in [0, 0.05) is 43.5 Å². The quantitative estimate of drug-likeness (QED) is 0.700. The van der Waals surface area contributed by atoms with E-state index in [0.717, 1.165) is 5.46 Å². The first kappa shape index (κ1) is 21.8. The fourth-order valence-corrected chi connectivity index (χ4v) is 3.33. The highest BCUT2D eigenvalue weighted by Gasteiger charge is 2.52. The van der Waals surface area contributed by atoms with Crippen LogP contribution in [-0.2, 0) is 14.0 Å². The van der Waals surface area contributed by atoms with Gasteiger partial charge in [0.2, 0.25) is 5.95 Å². The molecule has 1 unspecified atom stereocenters. The Balaban J connectivity index is 1.63. The van der Waals surface area contributed by atoms with Crippen LogP contribution in [0, 0.1) is 0 Å². The highest BCUT2D eigenvalue weighted by atomic mass is 16.7. The third kappa shape index (κ3) is 4.66.